The molecule has 2 unspecified atom stereocenters. The molecule has 2 atom stereocenters. The summed E-state index contributed by atoms with van der Waals surface area (Å²) in [5, 5.41) is 8.77. The predicted molar refractivity (Wildman–Crippen MR) is 47.5 cm³/mol. The van der Waals surface area contributed by atoms with Gasteiger partial charge in [-0.25, -0.2) is 4.79 Å². The van der Waals surface area contributed by atoms with Crippen LogP contribution in [0.25, 0.3) is 0 Å². The summed E-state index contributed by atoms with van der Waals surface area (Å²) in [7, 11) is 0. The van der Waals surface area contributed by atoms with Crippen molar-refractivity contribution in [2.45, 2.75) is 44.3 Å². The number of allylic oxidation sites excluding steroid dienone is 1. The van der Waals surface area contributed by atoms with Crippen molar-refractivity contribution >= 4 is 5.97 Å². The molecular weight excluding hydrogens is 168 g/mol. The molecule has 2 aliphatic rings. The lowest BCUT2D eigenvalue weighted by Gasteiger charge is -2.15. The summed E-state index contributed by atoms with van der Waals surface area (Å²) in [5.41, 5.74) is 0.706. The van der Waals surface area contributed by atoms with E-state index < -0.39 is 17.7 Å². The Morgan fingerprint density at radius 3 is 2.92 bits per heavy atom. The van der Waals surface area contributed by atoms with Crippen molar-refractivity contribution in [3.8, 4) is 0 Å². The molecule has 13 heavy (non-hydrogen) atoms. The third kappa shape index (κ3) is 1.37. The first-order valence-electron chi connectivity index (χ1n) is 4.75. The number of carboxylic acid groups (broad SMARTS) is 1. The van der Waals surface area contributed by atoms with Crippen LogP contribution >= 0.6 is 0 Å². The zero-order chi connectivity index (χ0) is 9.47. The fraction of sp³-hybridized carbons (Fsp3) is 0.700. The van der Waals surface area contributed by atoms with Gasteiger partial charge in [-0.05, 0) is 38.2 Å². The maximum atomic E-state index is 10.7. The second-order valence-electron chi connectivity index (χ2n) is 3.92. The van der Waals surface area contributed by atoms with Gasteiger partial charge in [0.1, 0.15) is 5.60 Å². The molecular formula is C10H14O3. The lowest BCUT2D eigenvalue weighted by Crippen LogP contribution is -2.20. The van der Waals surface area contributed by atoms with Crippen molar-refractivity contribution in [3.05, 3.63) is 11.6 Å². The van der Waals surface area contributed by atoms with Gasteiger partial charge >= 0.3 is 5.97 Å². The Labute approximate surface area is 77.4 Å². The lowest BCUT2D eigenvalue weighted by molar-refractivity contribution is -0.138. The van der Waals surface area contributed by atoms with Crippen molar-refractivity contribution in [2.24, 2.45) is 0 Å². The van der Waals surface area contributed by atoms with Gasteiger partial charge in [0.25, 0.3) is 0 Å². The van der Waals surface area contributed by atoms with E-state index in [0.29, 0.717) is 0 Å². The van der Waals surface area contributed by atoms with Crippen LogP contribution in [0.5, 0.6) is 0 Å². The van der Waals surface area contributed by atoms with Crippen molar-refractivity contribution < 1.29 is 14.6 Å². The molecule has 1 N–H and O–H groups in total. The molecule has 0 radical (unpaired) electrons. The molecule has 0 saturated carbocycles. The van der Waals surface area contributed by atoms with Crippen LogP contribution in [0.3, 0.4) is 0 Å². The van der Waals surface area contributed by atoms with E-state index in [2.05, 4.69) is 6.08 Å². The highest BCUT2D eigenvalue weighted by atomic mass is 16.6. The maximum absolute atomic E-state index is 10.7. The smallest absolute Gasteiger partial charge is 0.336 e. The zero-order valence-corrected chi connectivity index (χ0v) is 7.75. The Hall–Kier alpha value is -0.830. The van der Waals surface area contributed by atoms with Gasteiger partial charge in [-0.1, -0.05) is 6.08 Å². The van der Waals surface area contributed by atoms with Gasteiger partial charge in [0, 0.05) is 0 Å². The standard InChI is InChI=1S/C10H14O3/c1-10(8(13-10)9(11)12)7-5-3-2-4-6-7/h5,8H,2-4,6H2,1H3,(H,11,12). The molecule has 3 nitrogen and oxygen atoms in total. The quantitative estimate of drug-likeness (QED) is 0.522. The molecule has 0 bridgehead atoms. The van der Waals surface area contributed by atoms with Crippen LogP contribution < -0.4 is 0 Å². The summed E-state index contributed by atoms with van der Waals surface area (Å²) in [4.78, 5) is 10.7. The molecule has 2 rings (SSSR count). The summed E-state index contributed by atoms with van der Waals surface area (Å²) < 4.78 is 5.24. The molecule has 1 aliphatic carbocycles. The van der Waals surface area contributed by atoms with Crippen molar-refractivity contribution in [1.82, 2.24) is 0 Å². The summed E-state index contributed by atoms with van der Waals surface area (Å²) >= 11 is 0. The number of aliphatic carboxylic acids is 1. The van der Waals surface area contributed by atoms with E-state index in [-0.39, 0.29) is 0 Å². The number of carbonyl (C=O) groups is 1. The number of rotatable bonds is 2. The lowest BCUT2D eigenvalue weighted by atomic mass is 9.88. The zero-order valence-electron chi connectivity index (χ0n) is 7.75. The minimum atomic E-state index is -0.839. The maximum Gasteiger partial charge on any atom is 0.336 e. The van der Waals surface area contributed by atoms with E-state index >= 15 is 0 Å². The van der Waals surface area contributed by atoms with Crippen LogP contribution in [0.1, 0.15) is 32.6 Å². The van der Waals surface area contributed by atoms with Gasteiger partial charge in [0.05, 0.1) is 0 Å². The number of carboxylic acids is 1. The van der Waals surface area contributed by atoms with Gasteiger partial charge in [-0.15, -0.1) is 0 Å². The summed E-state index contributed by atoms with van der Waals surface area (Å²) in [6.45, 7) is 1.88. The summed E-state index contributed by atoms with van der Waals surface area (Å²) in [6.07, 6.45) is 6.00. The van der Waals surface area contributed by atoms with Gasteiger partial charge < -0.3 is 9.84 Å². The van der Waals surface area contributed by atoms with Crippen molar-refractivity contribution in [3.63, 3.8) is 0 Å². The molecule has 1 saturated heterocycles. The third-order valence-electron chi connectivity index (χ3n) is 2.96. The minimum absolute atomic E-state index is 0.480. The Morgan fingerprint density at radius 1 is 1.69 bits per heavy atom. The van der Waals surface area contributed by atoms with Gasteiger partial charge in [-0.2, -0.15) is 0 Å². The Morgan fingerprint density at radius 2 is 2.46 bits per heavy atom. The van der Waals surface area contributed by atoms with Gasteiger partial charge in [-0.3, -0.25) is 0 Å². The number of epoxide rings is 1. The largest absolute Gasteiger partial charge is 0.479 e. The SMILES string of the molecule is CC1(C2=CCCCC2)OC1C(=O)O. The third-order valence-corrected chi connectivity index (χ3v) is 2.96. The molecule has 0 aromatic rings. The van der Waals surface area contributed by atoms with E-state index in [1.807, 2.05) is 6.92 Å². The fourth-order valence-electron chi connectivity index (χ4n) is 2.03. The van der Waals surface area contributed by atoms with Crippen LogP contribution in [0.4, 0.5) is 0 Å². The van der Waals surface area contributed by atoms with Crippen LogP contribution in [0.2, 0.25) is 0 Å². The fourth-order valence-corrected chi connectivity index (χ4v) is 2.03. The topological polar surface area (TPSA) is 49.8 Å². The molecule has 0 aromatic heterocycles. The van der Waals surface area contributed by atoms with E-state index in [9.17, 15) is 4.79 Å². The first-order chi connectivity index (χ1) is 6.14. The molecule has 3 heteroatoms. The van der Waals surface area contributed by atoms with Gasteiger partial charge in [0.15, 0.2) is 6.10 Å². The van der Waals surface area contributed by atoms with Crippen LogP contribution in [-0.4, -0.2) is 22.8 Å². The van der Waals surface area contributed by atoms with Crippen molar-refractivity contribution in [1.29, 1.82) is 0 Å². The molecule has 72 valence electrons. The Bertz CT molecular complexity index is 269. The number of ether oxygens (including phenoxy) is 1. The second kappa shape index (κ2) is 2.84. The highest BCUT2D eigenvalue weighted by molar-refractivity contribution is 5.78. The van der Waals surface area contributed by atoms with Crippen molar-refractivity contribution in [2.75, 3.05) is 0 Å². The number of hydrogen-bond acceptors (Lipinski definition) is 2. The van der Waals surface area contributed by atoms with E-state index in [1.54, 1.807) is 0 Å². The first kappa shape index (κ1) is 8.75. The van der Waals surface area contributed by atoms with E-state index in [1.165, 1.54) is 12.0 Å². The molecule has 0 amide bonds. The average Bonchev–Trinajstić information content (AvgIpc) is 2.82. The van der Waals surface area contributed by atoms with Crippen LogP contribution in [-0.2, 0) is 9.53 Å². The first-order valence-corrected chi connectivity index (χ1v) is 4.75. The predicted octanol–water partition coefficient (Wildman–Crippen LogP) is 1.73. The summed E-state index contributed by atoms with van der Waals surface area (Å²) in [6, 6.07) is 0. The average molecular weight is 182 g/mol. The molecule has 1 aliphatic heterocycles. The molecule has 0 aromatic carbocycles. The summed E-state index contributed by atoms with van der Waals surface area (Å²) in [5.74, 6) is -0.839. The van der Waals surface area contributed by atoms with E-state index in [0.717, 1.165) is 19.3 Å². The monoisotopic (exact) mass is 182 g/mol. The van der Waals surface area contributed by atoms with Crippen LogP contribution in [0.15, 0.2) is 11.6 Å². The van der Waals surface area contributed by atoms with Gasteiger partial charge in [0.2, 0.25) is 0 Å². The number of hydrogen-bond donors (Lipinski definition) is 1. The van der Waals surface area contributed by atoms with Crippen LogP contribution in [0, 0.1) is 0 Å². The molecule has 1 heterocycles. The molecule has 1 fully saturated rings. The Kier molecular flexibility index (Phi) is 1.91. The minimum Gasteiger partial charge on any atom is -0.479 e. The normalized spacial score (nSPS) is 38.2. The van der Waals surface area contributed by atoms with E-state index in [4.69, 9.17) is 9.84 Å². The highest BCUT2D eigenvalue weighted by Crippen LogP contribution is 2.45. The Balaban J connectivity index is 2.09. The highest BCUT2D eigenvalue weighted by Gasteiger charge is 2.59. The molecule has 0 spiro atoms. The second-order valence-corrected chi connectivity index (χ2v) is 3.92.